The van der Waals surface area contributed by atoms with Crippen molar-refractivity contribution in [1.29, 1.82) is 0 Å². The fourth-order valence-electron chi connectivity index (χ4n) is 2.37. The molecule has 2 rings (SSSR count). The molecule has 1 heterocycles. The van der Waals surface area contributed by atoms with E-state index in [2.05, 4.69) is 10.3 Å². The van der Waals surface area contributed by atoms with E-state index < -0.39 is 0 Å². The van der Waals surface area contributed by atoms with Gasteiger partial charge < -0.3 is 14.5 Å². The summed E-state index contributed by atoms with van der Waals surface area (Å²) in [6, 6.07) is 7.28. The van der Waals surface area contributed by atoms with Gasteiger partial charge in [0.25, 0.3) is 5.89 Å². The van der Waals surface area contributed by atoms with Crippen molar-refractivity contribution in [3.63, 3.8) is 0 Å². The fraction of sp³-hybridized carbons (Fsp3) is 0.389. The highest BCUT2D eigenvalue weighted by atomic mass is 16.5. The lowest BCUT2D eigenvalue weighted by molar-refractivity contribution is -0.129. The van der Waals surface area contributed by atoms with Crippen molar-refractivity contribution in [2.45, 2.75) is 32.1 Å². The first kappa shape index (κ1) is 19.5. The van der Waals surface area contributed by atoms with Crippen LogP contribution in [0.1, 0.15) is 42.8 Å². The zero-order valence-corrected chi connectivity index (χ0v) is 14.7. The van der Waals surface area contributed by atoms with Gasteiger partial charge in [-0.3, -0.25) is 14.8 Å². The van der Waals surface area contributed by atoms with Crippen LogP contribution in [-0.4, -0.2) is 35.7 Å². The third-order valence-electron chi connectivity index (χ3n) is 3.82. The van der Waals surface area contributed by atoms with Gasteiger partial charge in [-0.15, -0.1) is 0 Å². The molecule has 2 amide bonds. The topological polar surface area (TPSA) is 114 Å². The molecule has 0 bridgehead atoms. The minimum Gasteiger partial charge on any atom is -0.497 e. The van der Waals surface area contributed by atoms with Gasteiger partial charge in [-0.1, -0.05) is 12.8 Å². The van der Waals surface area contributed by atoms with Crippen LogP contribution in [0.25, 0.3) is 11.3 Å². The summed E-state index contributed by atoms with van der Waals surface area (Å²) in [4.78, 5) is 26.9. The summed E-state index contributed by atoms with van der Waals surface area (Å²) in [5.41, 5.74) is 2.41. The predicted molar refractivity (Wildman–Crippen MR) is 93.8 cm³/mol. The molecule has 0 fully saturated rings. The van der Waals surface area contributed by atoms with Gasteiger partial charge in [-0.25, -0.2) is 10.5 Å². The van der Waals surface area contributed by atoms with Gasteiger partial charge in [-0.2, -0.15) is 0 Å². The first-order valence-corrected chi connectivity index (χ1v) is 8.45. The molecule has 26 heavy (non-hydrogen) atoms. The van der Waals surface area contributed by atoms with Crippen LogP contribution in [0.15, 0.2) is 34.9 Å². The standard InChI is InChI=1S/C18H23N3O5/c1-25-14-9-7-13(8-10-14)15-12-20-18(26-15)17(23)19-11-5-3-2-4-6-16(22)21-24/h7-10,12,24H,2-6,11H2,1H3,(H,19,23)(H,21,22). The maximum atomic E-state index is 12.0. The largest absolute Gasteiger partial charge is 0.497 e. The van der Waals surface area contributed by atoms with Crippen molar-refractivity contribution < 1.29 is 24.0 Å². The minimum atomic E-state index is -0.380. The normalized spacial score (nSPS) is 10.4. The summed E-state index contributed by atoms with van der Waals surface area (Å²) in [5, 5.41) is 11.1. The van der Waals surface area contributed by atoms with E-state index in [-0.39, 0.29) is 17.7 Å². The molecule has 0 atom stereocenters. The zero-order valence-electron chi connectivity index (χ0n) is 14.7. The highest BCUT2D eigenvalue weighted by Crippen LogP contribution is 2.23. The molecule has 0 unspecified atom stereocenters. The first-order valence-electron chi connectivity index (χ1n) is 8.45. The van der Waals surface area contributed by atoms with Gasteiger partial charge in [0.2, 0.25) is 5.91 Å². The Morgan fingerprint density at radius 3 is 2.58 bits per heavy atom. The Kier molecular flexibility index (Phi) is 7.63. The lowest BCUT2D eigenvalue weighted by Gasteiger charge is -2.03. The van der Waals surface area contributed by atoms with E-state index in [4.69, 9.17) is 14.4 Å². The summed E-state index contributed by atoms with van der Waals surface area (Å²) in [5.74, 6) is 0.540. The van der Waals surface area contributed by atoms with Crippen molar-refractivity contribution in [2.24, 2.45) is 0 Å². The Morgan fingerprint density at radius 1 is 1.15 bits per heavy atom. The number of carbonyl (C=O) groups excluding carboxylic acids is 2. The van der Waals surface area contributed by atoms with Crippen molar-refractivity contribution in [1.82, 2.24) is 15.8 Å². The Hall–Kier alpha value is -2.87. The van der Waals surface area contributed by atoms with E-state index in [1.165, 1.54) is 6.20 Å². The number of carbonyl (C=O) groups is 2. The third kappa shape index (κ3) is 5.89. The van der Waals surface area contributed by atoms with Gasteiger partial charge in [0, 0.05) is 18.5 Å². The Labute approximate surface area is 151 Å². The van der Waals surface area contributed by atoms with Gasteiger partial charge in [0.15, 0.2) is 5.76 Å². The van der Waals surface area contributed by atoms with E-state index in [1.54, 1.807) is 12.6 Å². The number of oxazole rings is 1. The molecule has 0 aliphatic rings. The first-order chi connectivity index (χ1) is 12.6. The van der Waals surface area contributed by atoms with Gasteiger partial charge in [-0.05, 0) is 37.1 Å². The third-order valence-corrected chi connectivity index (χ3v) is 3.82. The number of hydrogen-bond donors (Lipinski definition) is 3. The van der Waals surface area contributed by atoms with Gasteiger partial charge in [0.05, 0.1) is 13.3 Å². The maximum absolute atomic E-state index is 12.0. The van der Waals surface area contributed by atoms with Crippen molar-refractivity contribution in [2.75, 3.05) is 13.7 Å². The highest BCUT2D eigenvalue weighted by Gasteiger charge is 2.13. The molecule has 0 saturated carbocycles. The van der Waals surface area contributed by atoms with E-state index in [0.717, 1.165) is 30.6 Å². The second-order valence-corrected chi connectivity index (χ2v) is 5.71. The van der Waals surface area contributed by atoms with Crippen LogP contribution in [-0.2, 0) is 4.79 Å². The highest BCUT2D eigenvalue weighted by molar-refractivity contribution is 5.89. The number of unbranched alkanes of at least 4 members (excludes halogenated alkanes) is 3. The average molecular weight is 361 g/mol. The molecule has 3 N–H and O–H groups in total. The van der Waals surface area contributed by atoms with Gasteiger partial charge in [0.1, 0.15) is 5.75 Å². The molecule has 0 aliphatic carbocycles. The lowest BCUT2D eigenvalue weighted by Crippen LogP contribution is -2.24. The number of hydrogen-bond acceptors (Lipinski definition) is 6. The fourth-order valence-corrected chi connectivity index (χ4v) is 2.37. The lowest BCUT2D eigenvalue weighted by atomic mass is 10.1. The molecule has 2 aromatic rings. The van der Waals surface area contributed by atoms with Crippen LogP contribution in [0.2, 0.25) is 0 Å². The van der Waals surface area contributed by atoms with E-state index in [9.17, 15) is 9.59 Å². The molecule has 0 aliphatic heterocycles. The Morgan fingerprint density at radius 2 is 1.88 bits per heavy atom. The molecule has 1 aromatic carbocycles. The number of ether oxygens (including phenoxy) is 1. The Bertz CT molecular complexity index is 712. The number of nitrogens with one attached hydrogen (secondary N) is 2. The SMILES string of the molecule is COc1ccc(-c2cnc(C(=O)NCCCCCCC(=O)NO)o2)cc1. The van der Waals surface area contributed by atoms with Crippen molar-refractivity contribution in [3.05, 3.63) is 36.4 Å². The summed E-state index contributed by atoms with van der Waals surface area (Å²) < 4.78 is 10.6. The van der Waals surface area contributed by atoms with Crippen molar-refractivity contribution in [3.8, 4) is 17.1 Å². The molecule has 0 saturated heterocycles. The summed E-state index contributed by atoms with van der Waals surface area (Å²) in [7, 11) is 1.59. The number of methoxy groups -OCH3 is 1. The molecular weight excluding hydrogens is 338 g/mol. The van der Waals surface area contributed by atoms with Crippen LogP contribution in [0.4, 0.5) is 0 Å². The predicted octanol–water partition coefficient (Wildman–Crippen LogP) is 2.54. The molecule has 1 aromatic heterocycles. The monoisotopic (exact) mass is 361 g/mol. The smallest absolute Gasteiger partial charge is 0.307 e. The number of hydroxylamine groups is 1. The maximum Gasteiger partial charge on any atom is 0.307 e. The van der Waals surface area contributed by atoms with Gasteiger partial charge >= 0.3 is 5.91 Å². The van der Waals surface area contributed by atoms with Crippen LogP contribution in [0.5, 0.6) is 5.75 Å². The number of benzene rings is 1. The molecule has 0 radical (unpaired) electrons. The molecule has 8 nitrogen and oxygen atoms in total. The second kappa shape index (κ2) is 10.2. The molecular formula is C18H23N3O5. The van der Waals surface area contributed by atoms with E-state index >= 15 is 0 Å². The van der Waals surface area contributed by atoms with E-state index in [0.29, 0.717) is 25.1 Å². The zero-order chi connectivity index (χ0) is 18.8. The molecule has 140 valence electrons. The number of nitrogens with zero attached hydrogens (tertiary/aromatic N) is 1. The minimum absolute atomic E-state index is 0.0236. The molecule has 8 heteroatoms. The Balaban J connectivity index is 1.71. The van der Waals surface area contributed by atoms with Crippen LogP contribution >= 0.6 is 0 Å². The van der Waals surface area contributed by atoms with Crippen LogP contribution in [0.3, 0.4) is 0 Å². The van der Waals surface area contributed by atoms with Crippen LogP contribution in [0, 0.1) is 0 Å². The molecule has 0 spiro atoms. The van der Waals surface area contributed by atoms with Crippen molar-refractivity contribution >= 4 is 11.8 Å². The van der Waals surface area contributed by atoms with Crippen LogP contribution < -0.4 is 15.5 Å². The second-order valence-electron chi connectivity index (χ2n) is 5.71. The number of rotatable bonds is 10. The number of amides is 2. The number of aromatic nitrogens is 1. The average Bonchev–Trinajstić information content (AvgIpc) is 3.17. The quantitative estimate of drug-likeness (QED) is 0.340. The summed E-state index contributed by atoms with van der Waals surface area (Å²) in [6.45, 7) is 0.505. The summed E-state index contributed by atoms with van der Waals surface area (Å²) >= 11 is 0. The summed E-state index contributed by atoms with van der Waals surface area (Å²) in [6.07, 6.45) is 5.03. The van der Waals surface area contributed by atoms with E-state index in [1.807, 2.05) is 24.3 Å².